The van der Waals surface area contributed by atoms with Crippen molar-refractivity contribution in [1.82, 2.24) is 16.0 Å². The lowest BCUT2D eigenvalue weighted by molar-refractivity contribution is -0.121. The zero-order chi connectivity index (χ0) is 15.2. The normalized spacial score (nSPS) is 10.8. The Hall–Kier alpha value is -2.11. The quantitative estimate of drug-likeness (QED) is 0.783. The number of benzene rings is 1. The van der Waals surface area contributed by atoms with E-state index in [1.54, 1.807) is 18.2 Å². The summed E-state index contributed by atoms with van der Waals surface area (Å²) in [7, 11) is 0. The molecular formula is C14H20FN3O2. The Labute approximate surface area is 117 Å². The number of nitrogens with one attached hydrogen (secondary N) is 3. The fraction of sp³-hybridized carbons (Fsp3) is 0.429. The molecule has 1 aromatic carbocycles. The molecule has 6 heteroatoms. The van der Waals surface area contributed by atoms with Crippen molar-refractivity contribution >= 4 is 11.9 Å². The highest BCUT2D eigenvalue weighted by atomic mass is 19.1. The maximum Gasteiger partial charge on any atom is 0.315 e. The third-order valence-electron chi connectivity index (χ3n) is 2.32. The van der Waals surface area contributed by atoms with Crippen molar-refractivity contribution in [3.8, 4) is 0 Å². The molecule has 0 spiro atoms. The molecule has 0 bridgehead atoms. The van der Waals surface area contributed by atoms with Gasteiger partial charge in [-0.05, 0) is 26.8 Å². The van der Waals surface area contributed by atoms with Gasteiger partial charge in [0, 0.05) is 17.6 Å². The van der Waals surface area contributed by atoms with Gasteiger partial charge in [0.2, 0.25) is 5.91 Å². The van der Waals surface area contributed by atoms with Crippen molar-refractivity contribution in [3.05, 3.63) is 35.6 Å². The van der Waals surface area contributed by atoms with Crippen LogP contribution in [-0.2, 0) is 11.3 Å². The minimum absolute atomic E-state index is 0.0688. The summed E-state index contributed by atoms with van der Waals surface area (Å²) in [6.07, 6.45) is 0. The second-order valence-electron chi connectivity index (χ2n) is 5.43. The highest BCUT2D eigenvalue weighted by molar-refractivity contribution is 5.84. The fourth-order valence-electron chi connectivity index (χ4n) is 1.50. The first-order valence-corrected chi connectivity index (χ1v) is 6.34. The summed E-state index contributed by atoms with van der Waals surface area (Å²) in [6, 6.07) is 5.66. The molecule has 20 heavy (non-hydrogen) atoms. The molecule has 0 aliphatic carbocycles. The molecule has 0 radical (unpaired) electrons. The summed E-state index contributed by atoms with van der Waals surface area (Å²) in [6.45, 7) is 5.50. The van der Waals surface area contributed by atoms with Crippen LogP contribution in [0.15, 0.2) is 24.3 Å². The maximum absolute atomic E-state index is 13.3. The Kier molecular flexibility index (Phi) is 5.49. The number of carbonyl (C=O) groups excluding carboxylic acids is 2. The number of halogens is 1. The van der Waals surface area contributed by atoms with Gasteiger partial charge in [-0.25, -0.2) is 9.18 Å². The fourth-order valence-corrected chi connectivity index (χ4v) is 1.50. The van der Waals surface area contributed by atoms with Gasteiger partial charge in [-0.1, -0.05) is 18.2 Å². The molecule has 1 rings (SSSR count). The van der Waals surface area contributed by atoms with Crippen LogP contribution in [0.1, 0.15) is 26.3 Å². The van der Waals surface area contributed by atoms with Crippen molar-refractivity contribution in [2.75, 3.05) is 6.54 Å². The van der Waals surface area contributed by atoms with Crippen LogP contribution >= 0.6 is 0 Å². The van der Waals surface area contributed by atoms with Crippen LogP contribution < -0.4 is 16.0 Å². The second-order valence-corrected chi connectivity index (χ2v) is 5.43. The lowest BCUT2D eigenvalue weighted by Gasteiger charge is -2.20. The molecule has 0 saturated heterocycles. The van der Waals surface area contributed by atoms with E-state index in [4.69, 9.17) is 0 Å². The summed E-state index contributed by atoms with van der Waals surface area (Å²) in [4.78, 5) is 23.0. The SMILES string of the molecule is CC(C)(C)NC(=O)CNC(=O)NCc1ccccc1F. The number of urea groups is 1. The van der Waals surface area contributed by atoms with Crippen molar-refractivity contribution in [1.29, 1.82) is 0 Å². The van der Waals surface area contributed by atoms with E-state index in [0.717, 1.165) is 0 Å². The average Bonchev–Trinajstić information content (AvgIpc) is 2.33. The van der Waals surface area contributed by atoms with Crippen LogP contribution in [0.25, 0.3) is 0 Å². The van der Waals surface area contributed by atoms with Gasteiger partial charge >= 0.3 is 6.03 Å². The molecule has 0 heterocycles. The topological polar surface area (TPSA) is 70.2 Å². The zero-order valence-corrected chi connectivity index (χ0v) is 11.9. The van der Waals surface area contributed by atoms with Gasteiger partial charge in [0.25, 0.3) is 0 Å². The van der Waals surface area contributed by atoms with E-state index in [9.17, 15) is 14.0 Å². The van der Waals surface area contributed by atoms with E-state index in [1.165, 1.54) is 6.07 Å². The number of hydrogen-bond acceptors (Lipinski definition) is 2. The molecule has 0 atom stereocenters. The first-order valence-electron chi connectivity index (χ1n) is 6.34. The first-order chi connectivity index (χ1) is 9.28. The summed E-state index contributed by atoms with van der Waals surface area (Å²) >= 11 is 0. The Morgan fingerprint density at radius 3 is 2.40 bits per heavy atom. The third-order valence-corrected chi connectivity index (χ3v) is 2.32. The van der Waals surface area contributed by atoms with Crippen LogP contribution in [0.3, 0.4) is 0 Å². The van der Waals surface area contributed by atoms with E-state index >= 15 is 0 Å². The lowest BCUT2D eigenvalue weighted by Crippen LogP contribution is -2.47. The molecule has 0 aromatic heterocycles. The second kappa shape index (κ2) is 6.88. The zero-order valence-electron chi connectivity index (χ0n) is 11.9. The maximum atomic E-state index is 13.3. The van der Waals surface area contributed by atoms with Gasteiger partial charge in [0.05, 0.1) is 6.54 Å². The van der Waals surface area contributed by atoms with Gasteiger partial charge in [0.15, 0.2) is 0 Å². The van der Waals surface area contributed by atoms with Crippen LogP contribution in [-0.4, -0.2) is 24.0 Å². The van der Waals surface area contributed by atoms with Gasteiger partial charge < -0.3 is 16.0 Å². The van der Waals surface area contributed by atoms with Gasteiger partial charge in [-0.3, -0.25) is 4.79 Å². The van der Waals surface area contributed by atoms with Gasteiger partial charge in [0.1, 0.15) is 5.82 Å². The highest BCUT2D eigenvalue weighted by Crippen LogP contribution is 2.05. The van der Waals surface area contributed by atoms with Crippen molar-refractivity contribution in [3.63, 3.8) is 0 Å². The summed E-state index contributed by atoms with van der Waals surface area (Å²) < 4.78 is 13.3. The van der Waals surface area contributed by atoms with E-state index in [2.05, 4.69) is 16.0 Å². The Morgan fingerprint density at radius 2 is 1.80 bits per heavy atom. The van der Waals surface area contributed by atoms with E-state index in [-0.39, 0.29) is 30.4 Å². The van der Waals surface area contributed by atoms with E-state index in [1.807, 2.05) is 20.8 Å². The lowest BCUT2D eigenvalue weighted by atomic mass is 10.1. The molecule has 110 valence electrons. The smallest absolute Gasteiger partial charge is 0.315 e. The Balaban J connectivity index is 2.31. The molecular weight excluding hydrogens is 261 g/mol. The van der Waals surface area contributed by atoms with E-state index < -0.39 is 6.03 Å². The molecule has 0 aliphatic heterocycles. The minimum Gasteiger partial charge on any atom is -0.350 e. The van der Waals surface area contributed by atoms with Crippen LogP contribution in [0, 0.1) is 5.82 Å². The van der Waals surface area contributed by atoms with E-state index in [0.29, 0.717) is 5.56 Å². The molecule has 5 nitrogen and oxygen atoms in total. The predicted octanol–water partition coefficient (Wildman–Crippen LogP) is 1.54. The monoisotopic (exact) mass is 281 g/mol. The Bertz CT molecular complexity index is 484. The molecule has 3 amide bonds. The minimum atomic E-state index is -0.516. The molecule has 1 aromatic rings. The highest BCUT2D eigenvalue weighted by Gasteiger charge is 2.14. The van der Waals surface area contributed by atoms with Crippen molar-refractivity contribution in [2.24, 2.45) is 0 Å². The van der Waals surface area contributed by atoms with Crippen molar-refractivity contribution < 1.29 is 14.0 Å². The van der Waals surface area contributed by atoms with Crippen molar-refractivity contribution in [2.45, 2.75) is 32.9 Å². The number of hydrogen-bond donors (Lipinski definition) is 3. The number of carbonyl (C=O) groups is 2. The largest absolute Gasteiger partial charge is 0.350 e. The van der Waals surface area contributed by atoms with Gasteiger partial charge in [-0.15, -0.1) is 0 Å². The third kappa shape index (κ3) is 6.17. The van der Waals surface area contributed by atoms with Crippen LogP contribution in [0.5, 0.6) is 0 Å². The summed E-state index contributed by atoms with van der Waals surface area (Å²) in [5.41, 5.74) is 0.0457. The molecule has 0 aliphatic rings. The van der Waals surface area contributed by atoms with Crippen LogP contribution in [0.4, 0.5) is 9.18 Å². The molecule has 3 N–H and O–H groups in total. The standard InChI is InChI=1S/C14H20FN3O2/c1-14(2,3)18-12(19)9-17-13(20)16-8-10-6-4-5-7-11(10)15/h4-7H,8-9H2,1-3H3,(H,18,19)(H2,16,17,20). The summed E-state index contributed by atoms with van der Waals surface area (Å²) in [5.74, 6) is -0.656. The average molecular weight is 281 g/mol. The Morgan fingerprint density at radius 1 is 1.15 bits per heavy atom. The number of amides is 3. The number of rotatable bonds is 4. The first kappa shape index (κ1) is 15.9. The van der Waals surface area contributed by atoms with Crippen LogP contribution in [0.2, 0.25) is 0 Å². The predicted molar refractivity (Wildman–Crippen MR) is 74.5 cm³/mol. The molecule has 0 saturated carbocycles. The van der Waals surface area contributed by atoms with Gasteiger partial charge in [-0.2, -0.15) is 0 Å². The molecule has 0 fully saturated rings. The molecule has 0 unspecified atom stereocenters. The summed E-state index contributed by atoms with van der Waals surface area (Å²) in [5, 5.41) is 7.61.